The van der Waals surface area contributed by atoms with Gasteiger partial charge in [0.1, 0.15) is 0 Å². The minimum atomic E-state index is 0.786. The fourth-order valence-corrected chi connectivity index (χ4v) is 3.98. The van der Waals surface area contributed by atoms with Gasteiger partial charge in [-0.3, -0.25) is 0 Å². The van der Waals surface area contributed by atoms with E-state index in [0.717, 1.165) is 11.4 Å². The van der Waals surface area contributed by atoms with Gasteiger partial charge >= 0.3 is 0 Å². The first-order chi connectivity index (χ1) is 12.7. The number of benzene rings is 1. The van der Waals surface area contributed by atoms with Crippen molar-refractivity contribution in [1.82, 2.24) is 14.2 Å². The molecule has 0 N–H and O–H groups in total. The van der Waals surface area contributed by atoms with Crippen LogP contribution in [0.4, 0.5) is 0 Å². The SMILES string of the molecule is CN1CCN(CCCc2c(-c3ccc(Cl)cc3)cc3ccccn23)CC1. The second-order valence-electron chi connectivity index (χ2n) is 7.26. The summed E-state index contributed by atoms with van der Waals surface area (Å²) in [6, 6.07) is 16.9. The monoisotopic (exact) mass is 367 g/mol. The van der Waals surface area contributed by atoms with E-state index >= 15 is 0 Å². The lowest BCUT2D eigenvalue weighted by molar-refractivity contribution is 0.153. The molecule has 4 rings (SSSR count). The number of fused-ring (bicyclic) bond motifs is 1. The van der Waals surface area contributed by atoms with Crippen LogP contribution in [0.1, 0.15) is 12.1 Å². The highest BCUT2D eigenvalue weighted by Gasteiger charge is 2.15. The first kappa shape index (κ1) is 17.6. The van der Waals surface area contributed by atoms with E-state index < -0.39 is 0 Å². The van der Waals surface area contributed by atoms with Crippen molar-refractivity contribution in [2.24, 2.45) is 0 Å². The number of rotatable bonds is 5. The van der Waals surface area contributed by atoms with Crippen molar-refractivity contribution in [2.45, 2.75) is 12.8 Å². The van der Waals surface area contributed by atoms with E-state index in [0.29, 0.717) is 0 Å². The Balaban J connectivity index is 1.55. The van der Waals surface area contributed by atoms with Crippen LogP contribution in [-0.4, -0.2) is 54.0 Å². The lowest BCUT2D eigenvalue weighted by Crippen LogP contribution is -2.44. The van der Waals surface area contributed by atoms with E-state index in [1.54, 1.807) is 0 Å². The van der Waals surface area contributed by atoms with Crippen molar-refractivity contribution in [1.29, 1.82) is 0 Å². The number of likely N-dealkylation sites (N-methyl/N-ethyl adjacent to an activating group) is 1. The Morgan fingerprint density at radius 2 is 1.73 bits per heavy atom. The van der Waals surface area contributed by atoms with Crippen molar-refractivity contribution >= 4 is 17.1 Å². The Bertz CT molecular complexity index is 861. The van der Waals surface area contributed by atoms with Gasteiger partial charge in [-0.1, -0.05) is 29.8 Å². The van der Waals surface area contributed by atoms with Gasteiger partial charge in [-0.2, -0.15) is 0 Å². The summed E-state index contributed by atoms with van der Waals surface area (Å²) in [5.41, 5.74) is 5.23. The zero-order valence-electron chi connectivity index (χ0n) is 15.4. The Labute approximate surface area is 160 Å². The molecule has 1 fully saturated rings. The van der Waals surface area contributed by atoms with Gasteiger partial charge in [0.25, 0.3) is 0 Å². The van der Waals surface area contributed by atoms with Crippen molar-refractivity contribution in [3.05, 3.63) is 65.4 Å². The van der Waals surface area contributed by atoms with E-state index in [-0.39, 0.29) is 0 Å². The average Bonchev–Trinajstić information content (AvgIpc) is 3.03. The Kier molecular flexibility index (Phi) is 5.30. The van der Waals surface area contributed by atoms with Crippen LogP contribution in [0.15, 0.2) is 54.7 Å². The number of hydrogen-bond donors (Lipinski definition) is 0. The molecule has 2 aromatic heterocycles. The number of piperazine rings is 1. The maximum Gasteiger partial charge on any atom is 0.0459 e. The summed E-state index contributed by atoms with van der Waals surface area (Å²) in [6.45, 7) is 5.92. The van der Waals surface area contributed by atoms with Crippen molar-refractivity contribution < 1.29 is 0 Å². The topological polar surface area (TPSA) is 10.9 Å². The van der Waals surface area contributed by atoms with Gasteiger partial charge < -0.3 is 14.2 Å². The van der Waals surface area contributed by atoms with Crippen LogP contribution in [0.5, 0.6) is 0 Å². The molecule has 26 heavy (non-hydrogen) atoms. The van der Waals surface area contributed by atoms with Crippen molar-refractivity contribution in [3.8, 4) is 11.1 Å². The third-order valence-corrected chi connectivity index (χ3v) is 5.68. The molecule has 4 heteroatoms. The largest absolute Gasteiger partial charge is 0.320 e. The van der Waals surface area contributed by atoms with Gasteiger partial charge in [0.15, 0.2) is 0 Å². The van der Waals surface area contributed by atoms with Gasteiger partial charge in [0.05, 0.1) is 0 Å². The molecule has 0 spiro atoms. The molecule has 0 amide bonds. The van der Waals surface area contributed by atoms with Crippen molar-refractivity contribution in [3.63, 3.8) is 0 Å². The Hall–Kier alpha value is -1.81. The summed E-state index contributed by atoms with van der Waals surface area (Å²) >= 11 is 6.08. The smallest absolute Gasteiger partial charge is 0.0459 e. The quantitative estimate of drug-likeness (QED) is 0.660. The zero-order valence-corrected chi connectivity index (χ0v) is 16.1. The van der Waals surface area contributed by atoms with Gasteiger partial charge in [-0.25, -0.2) is 0 Å². The third-order valence-electron chi connectivity index (χ3n) is 5.42. The lowest BCUT2D eigenvalue weighted by Gasteiger charge is -2.32. The summed E-state index contributed by atoms with van der Waals surface area (Å²) in [5.74, 6) is 0. The molecule has 0 unspecified atom stereocenters. The molecule has 0 atom stereocenters. The molecule has 0 saturated carbocycles. The van der Waals surface area contributed by atoms with Gasteiger partial charge in [0, 0.05) is 54.2 Å². The number of hydrogen-bond acceptors (Lipinski definition) is 2. The van der Waals surface area contributed by atoms with Crippen LogP contribution < -0.4 is 0 Å². The standard InChI is InChI=1S/C22H26ClN3/c1-24-13-15-25(16-14-24)11-4-6-22-21(18-7-9-19(23)10-8-18)17-20-5-2-3-12-26(20)22/h2-3,5,7-10,12,17H,4,6,11,13-16H2,1H3. The third kappa shape index (κ3) is 3.80. The molecule has 1 aromatic carbocycles. The number of aromatic nitrogens is 1. The summed E-state index contributed by atoms with van der Waals surface area (Å²) in [4.78, 5) is 5.01. The normalized spacial score (nSPS) is 16.4. The number of halogens is 1. The predicted molar refractivity (Wildman–Crippen MR) is 110 cm³/mol. The molecule has 3 heterocycles. The van der Waals surface area contributed by atoms with Crippen LogP contribution in [-0.2, 0) is 6.42 Å². The number of pyridine rings is 1. The first-order valence-electron chi connectivity index (χ1n) is 9.46. The van der Waals surface area contributed by atoms with E-state index in [4.69, 9.17) is 11.6 Å². The number of aryl methyl sites for hydroxylation is 1. The predicted octanol–water partition coefficient (Wildman–Crippen LogP) is 4.44. The molecular weight excluding hydrogens is 342 g/mol. The summed E-state index contributed by atoms with van der Waals surface area (Å²) in [7, 11) is 2.21. The van der Waals surface area contributed by atoms with Crippen LogP contribution >= 0.6 is 11.6 Å². The second kappa shape index (κ2) is 7.83. The minimum absolute atomic E-state index is 0.786. The van der Waals surface area contributed by atoms with E-state index in [1.165, 1.54) is 61.5 Å². The fraction of sp³-hybridized carbons (Fsp3) is 0.364. The Morgan fingerprint density at radius 1 is 0.962 bits per heavy atom. The first-order valence-corrected chi connectivity index (χ1v) is 9.84. The highest BCUT2D eigenvalue weighted by atomic mass is 35.5. The van der Waals surface area contributed by atoms with Crippen LogP contribution in [0, 0.1) is 0 Å². The maximum absolute atomic E-state index is 6.08. The summed E-state index contributed by atoms with van der Waals surface area (Å²) < 4.78 is 2.34. The van der Waals surface area contributed by atoms with E-state index in [2.05, 4.69) is 63.8 Å². The lowest BCUT2D eigenvalue weighted by atomic mass is 10.0. The highest BCUT2D eigenvalue weighted by molar-refractivity contribution is 6.30. The van der Waals surface area contributed by atoms with E-state index in [1.807, 2.05) is 12.1 Å². The molecular formula is C22H26ClN3. The van der Waals surface area contributed by atoms with E-state index in [9.17, 15) is 0 Å². The summed E-state index contributed by atoms with van der Waals surface area (Å²) in [6.07, 6.45) is 4.45. The van der Waals surface area contributed by atoms with Gasteiger partial charge in [-0.15, -0.1) is 0 Å². The maximum atomic E-state index is 6.08. The fourth-order valence-electron chi connectivity index (χ4n) is 3.86. The highest BCUT2D eigenvalue weighted by Crippen LogP contribution is 2.29. The molecule has 0 bridgehead atoms. The zero-order chi connectivity index (χ0) is 17.9. The second-order valence-corrected chi connectivity index (χ2v) is 7.69. The molecule has 0 aliphatic carbocycles. The average molecular weight is 368 g/mol. The van der Waals surface area contributed by atoms with Crippen LogP contribution in [0.3, 0.4) is 0 Å². The molecule has 1 aliphatic rings. The molecule has 0 radical (unpaired) electrons. The van der Waals surface area contributed by atoms with Crippen LogP contribution in [0.2, 0.25) is 5.02 Å². The summed E-state index contributed by atoms with van der Waals surface area (Å²) in [5, 5.41) is 0.786. The molecule has 136 valence electrons. The van der Waals surface area contributed by atoms with Crippen molar-refractivity contribution in [2.75, 3.05) is 39.8 Å². The van der Waals surface area contributed by atoms with Gasteiger partial charge in [0.2, 0.25) is 0 Å². The van der Waals surface area contributed by atoms with Gasteiger partial charge in [-0.05, 0) is 62.3 Å². The molecule has 1 saturated heterocycles. The number of nitrogens with zero attached hydrogens (tertiary/aromatic N) is 3. The molecule has 1 aliphatic heterocycles. The van der Waals surface area contributed by atoms with Crippen LogP contribution in [0.25, 0.3) is 16.6 Å². The molecule has 3 aromatic rings. The minimum Gasteiger partial charge on any atom is -0.320 e. The molecule has 3 nitrogen and oxygen atoms in total. The Morgan fingerprint density at radius 3 is 2.50 bits per heavy atom.